The molecule has 1 aromatic carbocycles. The number of nitrogens with one attached hydrogen (secondary N) is 1. The number of fused-ring (bicyclic) bond motifs is 2. The minimum Gasteiger partial charge on any atom is -0.374 e. The van der Waals surface area contributed by atoms with Crippen LogP contribution < -0.4 is 5.32 Å². The van der Waals surface area contributed by atoms with Crippen molar-refractivity contribution in [3.05, 3.63) is 89.0 Å². The molecule has 2 N–H and O–H groups in total. The third kappa shape index (κ3) is 3.27. The molecular formula is C24H20N4O2. The van der Waals surface area contributed by atoms with Crippen LogP contribution in [-0.4, -0.2) is 25.8 Å². The Hall–Kier alpha value is -3.77. The molecule has 3 heterocycles. The molecule has 30 heavy (non-hydrogen) atoms. The smallest absolute Gasteiger partial charge is 0.252 e. The number of aliphatic hydroxyl groups excluding tert-OH is 1. The first kappa shape index (κ1) is 18.3. The standard InChI is InChI=1S/C24H20N4O2/c29-15-28-23-14-17(13-20-18-3-1-2-4-21(18)26-24(20)30)5-7-19(23)22(27-28)8-6-16-9-11-25-12-10-16/h1-2,4-14,18,29H,3,15H2,(H,26,30)/b8-6+,20-13+. The van der Waals surface area contributed by atoms with Gasteiger partial charge >= 0.3 is 0 Å². The van der Waals surface area contributed by atoms with Gasteiger partial charge in [0.1, 0.15) is 6.73 Å². The zero-order valence-corrected chi connectivity index (χ0v) is 16.2. The molecule has 1 fully saturated rings. The van der Waals surface area contributed by atoms with Crippen molar-refractivity contribution in [1.82, 2.24) is 20.1 Å². The summed E-state index contributed by atoms with van der Waals surface area (Å²) in [6, 6.07) is 9.76. The fourth-order valence-electron chi connectivity index (χ4n) is 3.95. The topological polar surface area (TPSA) is 80.0 Å². The van der Waals surface area contributed by atoms with E-state index in [-0.39, 0.29) is 18.6 Å². The Labute approximate surface area is 173 Å². The fraction of sp³-hybridized carbons (Fsp3) is 0.125. The first-order valence-corrected chi connectivity index (χ1v) is 9.82. The number of amides is 1. The first-order chi connectivity index (χ1) is 14.7. The van der Waals surface area contributed by atoms with Crippen LogP contribution >= 0.6 is 0 Å². The van der Waals surface area contributed by atoms with Crippen LogP contribution in [0.3, 0.4) is 0 Å². The van der Waals surface area contributed by atoms with E-state index in [2.05, 4.69) is 21.5 Å². The molecule has 3 aromatic rings. The lowest BCUT2D eigenvalue weighted by Crippen LogP contribution is -2.13. The molecule has 1 unspecified atom stereocenters. The molecular weight excluding hydrogens is 376 g/mol. The maximum Gasteiger partial charge on any atom is 0.252 e. The van der Waals surface area contributed by atoms with E-state index >= 15 is 0 Å². The van der Waals surface area contributed by atoms with Gasteiger partial charge in [0.05, 0.1) is 11.2 Å². The molecule has 1 aliphatic heterocycles. The molecule has 0 radical (unpaired) electrons. The normalized spacial score (nSPS) is 19.5. The number of nitrogens with zero attached hydrogens (tertiary/aromatic N) is 3. The first-order valence-electron chi connectivity index (χ1n) is 9.82. The van der Waals surface area contributed by atoms with Gasteiger partial charge in [0.2, 0.25) is 0 Å². The molecule has 2 aromatic heterocycles. The number of allylic oxidation sites excluding steroid dienone is 4. The Balaban J connectivity index is 1.52. The second-order valence-electron chi connectivity index (χ2n) is 7.31. The third-order valence-electron chi connectivity index (χ3n) is 5.45. The second kappa shape index (κ2) is 7.57. The summed E-state index contributed by atoms with van der Waals surface area (Å²) in [6.07, 6.45) is 16.1. The number of hydrogen-bond acceptors (Lipinski definition) is 4. The summed E-state index contributed by atoms with van der Waals surface area (Å²) in [5, 5.41) is 18.2. The largest absolute Gasteiger partial charge is 0.374 e. The Morgan fingerprint density at radius 1 is 1.17 bits per heavy atom. The van der Waals surface area contributed by atoms with Crippen LogP contribution in [0.4, 0.5) is 0 Å². The summed E-state index contributed by atoms with van der Waals surface area (Å²) in [4.78, 5) is 16.5. The van der Waals surface area contributed by atoms with Crippen LogP contribution in [0.1, 0.15) is 23.2 Å². The molecule has 5 rings (SSSR count). The maximum absolute atomic E-state index is 12.4. The highest BCUT2D eigenvalue weighted by molar-refractivity contribution is 6.03. The van der Waals surface area contributed by atoms with Gasteiger partial charge in [-0.1, -0.05) is 24.3 Å². The molecule has 6 heteroatoms. The molecule has 1 saturated heterocycles. The molecule has 6 nitrogen and oxygen atoms in total. The lowest BCUT2D eigenvalue weighted by Gasteiger charge is -2.12. The number of carbonyl (C=O) groups excluding carboxylic acids is 1. The van der Waals surface area contributed by atoms with E-state index in [1.807, 2.05) is 60.7 Å². The van der Waals surface area contributed by atoms with Crippen molar-refractivity contribution in [1.29, 1.82) is 0 Å². The second-order valence-corrected chi connectivity index (χ2v) is 7.31. The quantitative estimate of drug-likeness (QED) is 0.661. The van der Waals surface area contributed by atoms with E-state index in [0.717, 1.165) is 45.4 Å². The fourth-order valence-corrected chi connectivity index (χ4v) is 3.95. The summed E-state index contributed by atoms with van der Waals surface area (Å²) >= 11 is 0. The van der Waals surface area contributed by atoms with Crippen molar-refractivity contribution >= 4 is 35.0 Å². The van der Waals surface area contributed by atoms with Crippen molar-refractivity contribution in [3.8, 4) is 0 Å². The predicted octanol–water partition coefficient (Wildman–Crippen LogP) is 3.52. The number of aliphatic hydroxyl groups is 1. The van der Waals surface area contributed by atoms with Gasteiger partial charge in [-0.3, -0.25) is 9.78 Å². The van der Waals surface area contributed by atoms with Crippen LogP contribution in [0.2, 0.25) is 0 Å². The number of aromatic nitrogens is 3. The Bertz CT molecular complexity index is 1250. The monoisotopic (exact) mass is 396 g/mol. The minimum absolute atomic E-state index is 0.0494. The van der Waals surface area contributed by atoms with Gasteiger partial charge < -0.3 is 10.4 Å². The highest BCUT2D eigenvalue weighted by Gasteiger charge is 2.32. The van der Waals surface area contributed by atoms with E-state index in [4.69, 9.17) is 0 Å². The van der Waals surface area contributed by atoms with Crippen molar-refractivity contribution < 1.29 is 9.90 Å². The van der Waals surface area contributed by atoms with E-state index in [9.17, 15) is 9.90 Å². The SMILES string of the molecule is O=C1NC2=CC=CCC2/C1=C\c1ccc2c(/C=C/c3ccncc3)nn(CO)c2c1. The predicted molar refractivity (Wildman–Crippen MR) is 117 cm³/mol. The van der Waals surface area contributed by atoms with Gasteiger partial charge in [-0.15, -0.1) is 0 Å². The van der Waals surface area contributed by atoms with Gasteiger partial charge in [-0.2, -0.15) is 5.10 Å². The highest BCUT2D eigenvalue weighted by Crippen LogP contribution is 2.33. The van der Waals surface area contributed by atoms with E-state index in [1.165, 1.54) is 0 Å². The van der Waals surface area contributed by atoms with E-state index < -0.39 is 0 Å². The van der Waals surface area contributed by atoms with Crippen molar-refractivity contribution in [3.63, 3.8) is 0 Å². The van der Waals surface area contributed by atoms with Gasteiger partial charge in [0.25, 0.3) is 5.91 Å². The highest BCUT2D eigenvalue weighted by atomic mass is 16.3. The lowest BCUT2D eigenvalue weighted by molar-refractivity contribution is -0.115. The van der Waals surface area contributed by atoms with Crippen LogP contribution in [0, 0.1) is 5.92 Å². The molecule has 0 saturated carbocycles. The zero-order chi connectivity index (χ0) is 20.5. The zero-order valence-electron chi connectivity index (χ0n) is 16.2. The number of rotatable bonds is 4. The summed E-state index contributed by atoms with van der Waals surface area (Å²) in [5.74, 6) is 0.0338. The number of hydrogen-bond donors (Lipinski definition) is 2. The molecule has 2 aliphatic rings. The van der Waals surface area contributed by atoms with Crippen molar-refractivity contribution in [2.75, 3.05) is 0 Å². The maximum atomic E-state index is 12.4. The number of benzene rings is 1. The van der Waals surface area contributed by atoms with Crippen LogP contribution in [-0.2, 0) is 11.5 Å². The van der Waals surface area contributed by atoms with Crippen LogP contribution in [0.25, 0.3) is 29.1 Å². The Morgan fingerprint density at radius 2 is 2.03 bits per heavy atom. The van der Waals surface area contributed by atoms with Gasteiger partial charge in [0, 0.05) is 35.0 Å². The average molecular weight is 396 g/mol. The summed E-state index contributed by atoms with van der Waals surface area (Å²) in [6.45, 7) is -0.222. The van der Waals surface area contributed by atoms with Gasteiger partial charge in [-0.05, 0) is 60.0 Å². The van der Waals surface area contributed by atoms with Crippen LogP contribution in [0.5, 0.6) is 0 Å². The average Bonchev–Trinajstić information content (AvgIpc) is 3.30. The van der Waals surface area contributed by atoms with Crippen molar-refractivity contribution in [2.24, 2.45) is 5.92 Å². The van der Waals surface area contributed by atoms with E-state index in [0.29, 0.717) is 0 Å². The molecule has 1 aliphatic carbocycles. The van der Waals surface area contributed by atoms with E-state index in [1.54, 1.807) is 17.1 Å². The molecule has 1 atom stereocenters. The Kier molecular flexibility index (Phi) is 4.61. The third-order valence-corrected chi connectivity index (χ3v) is 5.45. The Morgan fingerprint density at radius 3 is 2.87 bits per heavy atom. The molecule has 0 bridgehead atoms. The molecule has 1 amide bonds. The summed E-state index contributed by atoms with van der Waals surface area (Å²) in [5.41, 5.74) is 5.24. The number of carbonyl (C=O) groups is 1. The molecule has 0 spiro atoms. The minimum atomic E-state index is -0.222. The van der Waals surface area contributed by atoms with Crippen molar-refractivity contribution in [2.45, 2.75) is 13.2 Å². The number of pyridine rings is 1. The van der Waals surface area contributed by atoms with Crippen LogP contribution in [0.15, 0.2) is 72.2 Å². The van der Waals surface area contributed by atoms with Gasteiger partial charge in [0.15, 0.2) is 0 Å². The summed E-state index contributed by atoms with van der Waals surface area (Å²) in [7, 11) is 0. The lowest BCUT2D eigenvalue weighted by atomic mass is 9.91. The molecule has 148 valence electrons. The van der Waals surface area contributed by atoms with Gasteiger partial charge in [-0.25, -0.2) is 4.68 Å². The summed E-state index contributed by atoms with van der Waals surface area (Å²) < 4.78 is 1.56.